The van der Waals surface area contributed by atoms with Crippen LogP contribution in [0.25, 0.3) is 10.8 Å². The van der Waals surface area contributed by atoms with E-state index in [1.807, 2.05) is 18.2 Å². The van der Waals surface area contributed by atoms with Gasteiger partial charge in [0.1, 0.15) is 5.75 Å². The van der Waals surface area contributed by atoms with E-state index in [4.69, 9.17) is 5.21 Å². The van der Waals surface area contributed by atoms with E-state index in [0.717, 1.165) is 11.5 Å². The van der Waals surface area contributed by atoms with Gasteiger partial charge in [-0.25, -0.2) is 5.48 Å². The van der Waals surface area contributed by atoms with Gasteiger partial charge < -0.3 is 10.2 Å². The van der Waals surface area contributed by atoms with Crippen LogP contribution in [0.3, 0.4) is 0 Å². The van der Waals surface area contributed by atoms with Crippen molar-refractivity contribution in [3.63, 3.8) is 0 Å². The van der Waals surface area contributed by atoms with Crippen LogP contribution in [0.4, 0.5) is 0 Å². The lowest BCUT2D eigenvalue weighted by atomic mass is 9.98. The van der Waals surface area contributed by atoms with Crippen molar-refractivity contribution in [3.05, 3.63) is 54.1 Å². The highest BCUT2D eigenvalue weighted by molar-refractivity contribution is 5.91. The number of phenols is 1. The monoisotopic (exact) mass is 273 g/mol. The van der Waals surface area contributed by atoms with Crippen LogP contribution in [0, 0.1) is 0 Å². The Morgan fingerprint density at radius 3 is 2.60 bits per heavy atom. The van der Waals surface area contributed by atoms with Crippen LogP contribution in [-0.4, -0.2) is 21.3 Å². The number of amides is 1. The highest BCUT2D eigenvalue weighted by atomic mass is 16.5. The molecular formula is C15H15NO4. The minimum absolute atomic E-state index is 0.159. The summed E-state index contributed by atoms with van der Waals surface area (Å²) in [5, 5.41) is 29.7. The molecule has 104 valence electrons. The van der Waals surface area contributed by atoms with Crippen molar-refractivity contribution in [2.24, 2.45) is 0 Å². The highest BCUT2D eigenvalue weighted by Gasteiger charge is 2.11. The molecule has 0 unspecified atom stereocenters. The number of aliphatic hydroxyl groups is 1. The summed E-state index contributed by atoms with van der Waals surface area (Å²) in [6, 6.07) is 10.4. The number of nitrogens with one attached hydrogen (secondary N) is 1. The topological polar surface area (TPSA) is 89.8 Å². The standard InChI is InChI=1S/C15H15NO4/c17-13(6-3-7-15(19)16-20)12-8-9-14(18)11-5-2-1-4-10(11)12/h1-5,7-9,13,17-18,20H,6H2,(H,16,19)/b7-3+/t13-/m0/s1. The molecule has 0 aliphatic rings. The first kappa shape index (κ1) is 14.0. The molecule has 2 rings (SSSR count). The van der Waals surface area contributed by atoms with Crippen LogP contribution in [0.15, 0.2) is 48.6 Å². The number of rotatable bonds is 4. The van der Waals surface area contributed by atoms with Crippen molar-refractivity contribution >= 4 is 16.7 Å². The molecule has 2 aromatic rings. The van der Waals surface area contributed by atoms with Gasteiger partial charge in [0.2, 0.25) is 0 Å². The summed E-state index contributed by atoms with van der Waals surface area (Å²) in [7, 11) is 0. The fourth-order valence-electron chi connectivity index (χ4n) is 2.07. The second kappa shape index (κ2) is 6.18. The van der Waals surface area contributed by atoms with Crippen molar-refractivity contribution < 1.29 is 20.2 Å². The molecule has 0 saturated carbocycles. The van der Waals surface area contributed by atoms with Crippen molar-refractivity contribution in [1.82, 2.24) is 5.48 Å². The molecule has 1 atom stereocenters. The number of benzene rings is 2. The van der Waals surface area contributed by atoms with E-state index < -0.39 is 12.0 Å². The summed E-state index contributed by atoms with van der Waals surface area (Å²) < 4.78 is 0. The number of hydrogen-bond donors (Lipinski definition) is 4. The zero-order valence-corrected chi connectivity index (χ0v) is 10.7. The van der Waals surface area contributed by atoms with E-state index in [0.29, 0.717) is 10.9 Å². The van der Waals surface area contributed by atoms with Gasteiger partial charge in [0.25, 0.3) is 5.91 Å². The van der Waals surface area contributed by atoms with Crippen molar-refractivity contribution in [2.75, 3.05) is 0 Å². The van der Waals surface area contributed by atoms with Gasteiger partial charge >= 0.3 is 0 Å². The van der Waals surface area contributed by atoms with Gasteiger partial charge in [-0.05, 0) is 23.4 Å². The van der Waals surface area contributed by atoms with E-state index in [9.17, 15) is 15.0 Å². The number of hydrogen-bond acceptors (Lipinski definition) is 4. The summed E-state index contributed by atoms with van der Waals surface area (Å²) >= 11 is 0. The van der Waals surface area contributed by atoms with E-state index >= 15 is 0 Å². The lowest BCUT2D eigenvalue weighted by Crippen LogP contribution is -2.15. The largest absolute Gasteiger partial charge is 0.507 e. The molecule has 5 nitrogen and oxygen atoms in total. The molecule has 4 N–H and O–H groups in total. The van der Waals surface area contributed by atoms with Crippen LogP contribution in [0.1, 0.15) is 18.1 Å². The molecule has 0 aromatic heterocycles. The SMILES string of the molecule is O=C(/C=C/C[C@H](O)c1ccc(O)c2ccccc12)NO. The van der Waals surface area contributed by atoms with E-state index in [2.05, 4.69) is 0 Å². The smallest absolute Gasteiger partial charge is 0.267 e. The first-order valence-corrected chi connectivity index (χ1v) is 6.12. The molecule has 0 aliphatic heterocycles. The minimum Gasteiger partial charge on any atom is -0.507 e. The number of phenolic OH excluding ortho intramolecular Hbond substituents is 1. The summed E-state index contributed by atoms with van der Waals surface area (Å²) in [5.41, 5.74) is 2.15. The van der Waals surface area contributed by atoms with Crippen LogP contribution in [-0.2, 0) is 4.79 Å². The Hall–Kier alpha value is -2.37. The van der Waals surface area contributed by atoms with Gasteiger partial charge in [-0.3, -0.25) is 10.0 Å². The Morgan fingerprint density at radius 1 is 1.20 bits per heavy atom. The first-order chi connectivity index (χ1) is 9.63. The molecule has 5 heteroatoms. The fraction of sp³-hybridized carbons (Fsp3) is 0.133. The molecule has 0 fully saturated rings. The molecule has 0 radical (unpaired) electrons. The highest BCUT2D eigenvalue weighted by Crippen LogP contribution is 2.31. The van der Waals surface area contributed by atoms with Gasteiger partial charge in [-0.1, -0.05) is 36.4 Å². The van der Waals surface area contributed by atoms with Gasteiger partial charge in [0, 0.05) is 11.5 Å². The summed E-state index contributed by atoms with van der Waals surface area (Å²) in [4.78, 5) is 10.8. The molecule has 0 bridgehead atoms. The normalized spacial score (nSPS) is 12.7. The molecule has 0 saturated heterocycles. The maximum atomic E-state index is 10.8. The van der Waals surface area contributed by atoms with Crippen molar-refractivity contribution in [2.45, 2.75) is 12.5 Å². The zero-order chi connectivity index (χ0) is 14.5. The Bertz CT molecular complexity index is 651. The Labute approximate surface area is 115 Å². The predicted octanol–water partition coefficient (Wildman–Crippen LogP) is 2.03. The number of aromatic hydroxyl groups is 1. The number of carbonyl (C=O) groups excluding carboxylic acids is 1. The van der Waals surface area contributed by atoms with Gasteiger partial charge in [0.15, 0.2) is 0 Å². The van der Waals surface area contributed by atoms with E-state index in [1.165, 1.54) is 17.6 Å². The van der Waals surface area contributed by atoms with Crippen molar-refractivity contribution in [1.29, 1.82) is 0 Å². The third-order valence-corrected chi connectivity index (χ3v) is 3.03. The van der Waals surface area contributed by atoms with Crippen molar-refractivity contribution in [3.8, 4) is 5.75 Å². The zero-order valence-electron chi connectivity index (χ0n) is 10.7. The lowest BCUT2D eigenvalue weighted by Gasteiger charge is -2.12. The molecule has 0 spiro atoms. The van der Waals surface area contributed by atoms with E-state index in [1.54, 1.807) is 12.1 Å². The third-order valence-electron chi connectivity index (χ3n) is 3.03. The molecule has 20 heavy (non-hydrogen) atoms. The second-order valence-electron chi connectivity index (χ2n) is 4.35. The summed E-state index contributed by atoms with van der Waals surface area (Å²) in [6.45, 7) is 0. The lowest BCUT2D eigenvalue weighted by molar-refractivity contribution is -0.124. The summed E-state index contributed by atoms with van der Waals surface area (Å²) in [6.07, 6.45) is 2.04. The van der Waals surface area contributed by atoms with Crippen LogP contribution < -0.4 is 5.48 Å². The van der Waals surface area contributed by atoms with Gasteiger partial charge in [-0.2, -0.15) is 0 Å². The number of aliphatic hydroxyl groups excluding tert-OH is 1. The van der Waals surface area contributed by atoms with E-state index in [-0.39, 0.29) is 12.2 Å². The minimum atomic E-state index is -0.803. The number of carbonyl (C=O) groups is 1. The van der Waals surface area contributed by atoms with Crippen LogP contribution in [0.5, 0.6) is 5.75 Å². The molecular weight excluding hydrogens is 258 g/mol. The Kier molecular flexibility index (Phi) is 4.34. The maximum absolute atomic E-state index is 10.8. The summed E-state index contributed by atoms with van der Waals surface area (Å²) in [5.74, 6) is -0.487. The molecule has 0 heterocycles. The van der Waals surface area contributed by atoms with Crippen LogP contribution >= 0.6 is 0 Å². The molecule has 0 aliphatic carbocycles. The fourth-order valence-corrected chi connectivity index (χ4v) is 2.07. The molecule has 1 amide bonds. The average molecular weight is 273 g/mol. The van der Waals surface area contributed by atoms with Gasteiger partial charge in [0.05, 0.1) is 6.10 Å². The Balaban J connectivity index is 2.27. The molecule has 2 aromatic carbocycles. The van der Waals surface area contributed by atoms with Gasteiger partial charge in [-0.15, -0.1) is 0 Å². The quantitative estimate of drug-likeness (QED) is 0.390. The second-order valence-corrected chi connectivity index (χ2v) is 4.35. The maximum Gasteiger partial charge on any atom is 0.267 e. The number of hydroxylamine groups is 1. The predicted molar refractivity (Wildman–Crippen MR) is 74.3 cm³/mol. The Morgan fingerprint density at radius 2 is 1.90 bits per heavy atom. The number of fused-ring (bicyclic) bond motifs is 1. The van der Waals surface area contributed by atoms with Crippen LogP contribution in [0.2, 0.25) is 0 Å². The first-order valence-electron chi connectivity index (χ1n) is 6.12. The average Bonchev–Trinajstić information content (AvgIpc) is 2.47. The third kappa shape index (κ3) is 2.96.